The molecule has 6 atom stereocenters. The summed E-state index contributed by atoms with van der Waals surface area (Å²) < 4.78 is 41.4. The van der Waals surface area contributed by atoms with Crippen LogP contribution < -0.4 is 0 Å². The quantitative estimate of drug-likeness (QED) is 0.273. The van der Waals surface area contributed by atoms with Gasteiger partial charge in [-0.3, -0.25) is 24.0 Å². The second-order valence-corrected chi connectivity index (χ2v) is 7.02. The molecule has 0 bridgehead atoms. The van der Waals surface area contributed by atoms with E-state index in [1.165, 1.54) is 0 Å². The van der Waals surface area contributed by atoms with Crippen molar-refractivity contribution in [2.45, 2.75) is 71.4 Å². The molecule has 0 aromatic rings. The number of esters is 6. The molecule has 0 N–H and O–H groups in total. The van der Waals surface area contributed by atoms with Crippen LogP contribution in [0.15, 0.2) is 0 Å². The van der Waals surface area contributed by atoms with Crippen LogP contribution >= 0.6 is 0 Å². The van der Waals surface area contributed by atoms with Crippen LogP contribution in [0.4, 0.5) is 0 Å². The molecular formula is C20H28O14. The molecule has 0 aromatic heterocycles. The molecule has 0 radical (unpaired) electrons. The summed E-state index contributed by atoms with van der Waals surface area (Å²) in [5, 5.41) is 0. The van der Waals surface area contributed by atoms with Gasteiger partial charge < -0.3 is 37.9 Å². The predicted octanol–water partition coefficient (Wildman–Crippen LogP) is -0.809. The van der Waals surface area contributed by atoms with Gasteiger partial charge >= 0.3 is 35.8 Å². The first-order chi connectivity index (χ1) is 15.8. The molecule has 14 nitrogen and oxygen atoms in total. The van der Waals surface area contributed by atoms with Gasteiger partial charge in [0, 0.05) is 34.6 Å². The minimum Gasteiger partial charge on any atom is -0.467 e. The Hall–Kier alpha value is -3.26. The Morgan fingerprint density at radius 2 is 1.21 bits per heavy atom. The fourth-order valence-electron chi connectivity index (χ4n) is 2.95. The highest BCUT2D eigenvalue weighted by Gasteiger charge is 2.53. The molecule has 1 aliphatic heterocycles. The lowest BCUT2D eigenvalue weighted by Gasteiger charge is -2.44. The van der Waals surface area contributed by atoms with E-state index in [1.807, 2.05) is 0 Å². The van der Waals surface area contributed by atoms with Crippen molar-refractivity contribution in [3.8, 4) is 0 Å². The highest BCUT2D eigenvalue weighted by Crippen LogP contribution is 2.30. The number of methoxy groups -OCH3 is 1. The summed E-state index contributed by atoms with van der Waals surface area (Å²) in [6.45, 7) is 4.32. The van der Waals surface area contributed by atoms with Gasteiger partial charge in [0.1, 0.15) is 19.3 Å². The number of hydrogen-bond acceptors (Lipinski definition) is 14. The lowest BCUT2D eigenvalue weighted by Crippen LogP contribution is -2.63. The minimum absolute atomic E-state index is 0.482. The van der Waals surface area contributed by atoms with Crippen molar-refractivity contribution in [1.82, 2.24) is 0 Å². The molecule has 34 heavy (non-hydrogen) atoms. The Bertz CT molecular complexity index is 777. The van der Waals surface area contributed by atoms with Crippen LogP contribution in [0.3, 0.4) is 0 Å². The van der Waals surface area contributed by atoms with Crippen molar-refractivity contribution < 1.29 is 66.7 Å². The van der Waals surface area contributed by atoms with Crippen molar-refractivity contribution in [1.29, 1.82) is 0 Å². The Morgan fingerprint density at radius 3 is 1.68 bits per heavy atom. The third-order valence-corrected chi connectivity index (χ3v) is 4.15. The van der Waals surface area contributed by atoms with E-state index in [0.29, 0.717) is 0 Å². The number of carbonyl (C=O) groups is 6. The normalized spacial score (nSPS) is 24.7. The molecule has 1 rings (SSSR count). The maximum atomic E-state index is 12.2. The third kappa shape index (κ3) is 9.31. The number of ether oxygens (including phenoxy) is 8. The standard InChI is InChI=1S/C20H28O14/c1-9(21)28-7-14-16(30-11(3)23)17(31-12(4)24)18(32-13(5)25)20(33-14)34-15(19(26)27-6)8-29-10(2)22/h14-18,20H,7-8H2,1-6H3/t14-,15?,16-,17-,18+,20+/m0/s1. The second-order valence-electron chi connectivity index (χ2n) is 7.02. The first-order valence-electron chi connectivity index (χ1n) is 10.0. The summed E-state index contributed by atoms with van der Waals surface area (Å²) in [7, 11) is 1.06. The molecule has 1 aliphatic rings. The minimum atomic E-state index is -1.64. The molecule has 0 aromatic carbocycles. The van der Waals surface area contributed by atoms with E-state index in [4.69, 9.17) is 33.2 Å². The van der Waals surface area contributed by atoms with Gasteiger partial charge in [-0.2, -0.15) is 0 Å². The van der Waals surface area contributed by atoms with E-state index in [0.717, 1.165) is 41.7 Å². The summed E-state index contributed by atoms with van der Waals surface area (Å²) in [4.78, 5) is 70.0. The van der Waals surface area contributed by atoms with Crippen LogP contribution in [0, 0.1) is 0 Å². The van der Waals surface area contributed by atoms with E-state index in [-0.39, 0.29) is 0 Å². The fourth-order valence-corrected chi connectivity index (χ4v) is 2.95. The molecule has 1 unspecified atom stereocenters. The molecular weight excluding hydrogens is 464 g/mol. The highest BCUT2D eigenvalue weighted by molar-refractivity contribution is 5.75. The van der Waals surface area contributed by atoms with Crippen molar-refractivity contribution in [2.24, 2.45) is 0 Å². The summed E-state index contributed by atoms with van der Waals surface area (Å²) in [6.07, 6.45) is -8.90. The fraction of sp³-hybridized carbons (Fsp3) is 0.700. The predicted molar refractivity (Wildman–Crippen MR) is 105 cm³/mol. The zero-order valence-electron chi connectivity index (χ0n) is 19.6. The van der Waals surface area contributed by atoms with Crippen LogP contribution in [0.2, 0.25) is 0 Å². The summed E-state index contributed by atoms with van der Waals surface area (Å²) in [5.41, 5.74) is 0. The molecule has 0 saturated carbocycles. The van der Waals surface area contributed by atoms with Gasteiger partial charge in [0.15, 0.2) is 30.7 Å². The van der Waals surface area contributed by atoms with Gasteiger partial charge in [-0.05, 0) is 0 Å². The Morgan fingerprint density at radius 1 is 0.706 bits per heavy atom. The van der Waals surface area contributed by atoms with Gasteiger partial charge in [-0.25, -0.2) is 4.79 Å². The Kier molecular flexibility index (Phi) is 11.4. The van der Waals surface area contributed by atoms with E-state index in [2.05, 4.69) is 4.74 Å². The number of rotatable bonds is 10. The van der Waals surface area contributed by atoms with Crippen molar-refractivity contribution >= 4 is 35.8 Å². The van der Waals surface area contributed by atoms with Crippen LogP contribution in [0.5, 0.6) is 0 Å². The average molecular weight is 492 g/mol. The molecule has 0 amide bonds. The summed E-state index contributed by atoms with van der Waals surface area (Å²) in [5.74, 6) is -4.88. The topological polar surface area (TPSA) is 176 Å². The lowest BCUT2D eigenvalue weighted by atomic mass is 9.98. The summed E-state index contributed by atoms with van der Waals surface area (Å²) in [6, 6.07) is 0. The Labute approximate surface area is 195 Å². The van der Waals surface area contributed by atoms with Crippen LogP contribution in [-0.4, -0.2) is 92.9 Å². The van der Waals surface area contributed by atoms with Gasteiger partial charge in [-0.15, -0.1) is 0 Å². The maximum Gasteiger partial charge on any atom is 0.338 e. The Balaban J connectivity index is 3.42. The van der Waals surface area contributed by atoms with Gasteiger partial charge in [-0.1, -0.05) is 0 Å². The van der Waals surface area contributed by atoms with Gasteiger partial charge in [0.25, 0.3) is 0 Å². The van der Waals surface area contributed by atoms with Crippen molar-refractivity contribution in [3.05, 3.63) is 0 Å². The number of carbonyl (C=O) groups excluding carboxylic acids is 6. The average Bonchev–Trinajstić information content (AvgIpc) is 2.71. The monoisotopic (exact) mass is 492 g/mol. The van der Waals surface area contributed by atoms with Crippen molar-refractivity contribution in [2.75, 3.05) is 20.3 Å². The van der Waals surface area contributed by atoms with Crippen LogP contribution in [-0.2, 0) is 66.7 Å². The largest absolute Gasteiger partial charge is 0.467 e. The number of hydrogen-bond donors (Lipinski definition) is 0. The van der Waals surface area contributed by atoms with E-state index >= 15 is 0 Å². The highest BCUT2D eigenvalue weighted by atomic mass is 16.7. The van der Waals surface area contributed by atoms with Crippen LogP contribution in [0.1, 0.15) is 34.6 Å². The molecule has 0 spiro atoms. The first kappa shape index (κ1) is 28.8. The van der Waals surface area contributed by atoms with Crippen LogP contribution in [0.25, 0.3) is 0 Å². The van der Waals surface area contributed by atoms with E-state index < -0.39 is 85.8 Å². The smallest absolute Gasteiger partial charge is 0.338 e. The molecule has 1 heterocycles. The molecule has 192 valence electrons. The zero-order chi connectivity index (χ0) is 26.0. The summed E-state index contributed by atoms with van der Waals surface area (Å²) >= 11 is 0. The maximum absolute atomic E-state index is 12.2. The van der Waals surface area contributed by atoms with Crippen molar-refractivity contribution in [3.63, 3.8) is 0 Å². The first-order valence-corrected chi connectivity index (χ1v) is 10.0. The van der Waals surface area contributed by atoms with E-state index in [9.17, 15) is 28.8 Å². The van der Waals surface area contributed by atoms with Gasteiger partial charge in [0.2, 0.25) is 0 Å². The SMILES string of the molecule is COC(=O)C(COC(C)=O)O[C@H]1O[C@@H](COC(C)=O)[C@H](OC(C)=O)[C@H](OC(C)=O)[C@H]1OC(C)=O. The second kappa shape index (κ2) is 13.4. The lowest BCUT2D eigenvalue weighted by molar-refractivity contribution is -0.317. The molecule has 14 heteroatoms. The zero-order valence-corrected chi connectivity index (χ0v) is 19.6. The molecule has 1 fully saturated rings. The third-order valence-electron chi connectivity index (χ3n) is 4.15. The molecule has 1 saturated heterocycles. The van der Waals surface area contributed by atoms with E-state index in [1.54, 1.807) is 0 Å². The van der Waals surface area contributed by atoms with Gasteiger partial charge in [0.05, 0.1) is 7.11 Å². The molecule has 0 aliphatic carbocycles.